The molecule has 0 spiro atoms. The van der Waals surface area contributed by atoms with Crippen LogP contribution >= 0.6 is 0 Å². The van der Waals surface area contributed by atoms with E-state index in [1.165, 1.54) is 12.1 Å². The molecule has 0 saturated carbocycles. The third kappa shape index (κ3) is 4.39. The van der Waals surface area contributed by atoms with Crippen LogP contribution in [-0.4, -0.2) is 23.7 Å². The highest BCUT2D eigenvalue weighted by Gasteiger charge is 2.21. The van der Waals surface area contributed by atoms with Crippen molar-refractivity contribution in [2.24, 2.45) is 0 Å². The number of hydrogen-bond acceptors (Lipinski definition) is 3. The zero-order valence-corrected chi connectivity index (χ0v) is 12.7. The first kappa shape index (κ1) is 16.7. The number of halogens is 1. The van der Waals surface area contributed by atoms with Gasteiger partial charge in [-0.15, -0.1) is 0 Å². The Kier molecular flexibility index (Phi) is 5.46. The zero-order valence-electron chi connectivity index (χ0n) is 12.7. The number of benzene rings is 2. The van der Waals surface area contributed by atoms with Gasteiger partial charge in [-0.05, 0) is 48.7 Å². The van der Waals surface area contributed by atoms with Crippen LogP contribution in [0.5, 0.6) is 0 Å². The van der Waals surface area contributed by atoms with Gasteiger partial charge in [-0.3, -0.25) is 4.79 Å². The number of ether oxygens (including phenoxy) is 1. The minimum Gasteiger partial charge on any atom is -0.481 e. The average Bonchev–Trinajstić information content (AvgIpc) is 2.54. The van der Waals surface area contributed by atoms with Crippen LogP contribution in [0.3, 0.4) is 0 Å². The number of carboxylic acids is 1. The Balaban J connectivity index is 2.19. The number of esters is 1. The molecule has 4 nitrogen and oxygen atoms in total. The average molecular weight is 316 g/mol. The van der Waals surface area contributed by atoms with E-state index < -0.39 is 17.9 Å². The van der Waals surface area contributed by atoms with Crippen molar-refractivity contribution in [3.05, 3.63) is 71.0 Å². The lowest BCUT2D eigenvalue weighted by Crippen LogP contribution is -2.15. The minimum absolute atomic E-state index is 0.244. The van der Waals surface area contributed by atoms with Crippen molar-refractivity contribution in [2.45, 2.75) is 19.3 Å². The van der Waals surface area contributed by atoms with Gasteiger partial charge in [0.1, 0.15) is 5.82 Å². The summed E-state index contributed by atoms with van der Waals surface area (Å²) in [7, 11) is 0. The van der Waals surface area contributed by atoms with Crippen LogP contribution < -0.4 is 0 Å². The molecule has 0 fully saturated rings. The summed E-state index contributed by atoms with van der Waals surface area (Å²) in [4.78, 5) is 23.1. The second-order valence-corrected chi connectivity index (χ2v) is 5.06. The number of carbonyl (C=O) groups excluding carboxylic acids is 1. The fourth-order valence-electron chi connectivity index (χ4n) is 2.27. The fraction of sp³-hybridized carbons (Fsp3) is 0.222. The highest BCUT2D eigenvalue weighted by molar-refractivity contribution is 5.89. The summed E-state index contributed by atoms with van der Waals surface area (Å²) in [6.07, 6.45) is 0.244. The lowest BCUT2D eigenvalue weighted by atomic mass is 9.91. The summed E-state index contributed by atoms with van der Waals surface area (Å²) in [5, 5.41) is 9.44. The molecule has 1 N–H and O–H groups in total. The monoisotopic (exact) mass is 316 g/mol. The van der Waals surface area contributed by atoms with Gasteiger partial charge in [0.25, 0.3) is 0 Å². The predicted octanol–water partition coefficient (Wildman–Crippen LogP) is 3.41. The van der Waals surface area contributed by atoms with Crippen molar-refractivity contribution in [3.8, 4) is 0 Å². The smallest absolute Gasteiger partial charge is 0.338 e. The second kappa shape index (κ2) is 7.54. The molecule has 2 aromatic carbocycles. The molecule has 5 heteroatoms. The zero-order chi connectivity index (χ0) is 16.8. The summed E-state index contributed by atoms with van der Waals surface area (Å²) < 4.78 is 17.8. The number of carboxylic acid groups (broad SMARTS) is 1. The van der Waals surface area contributed by atoms with Gasteiger partial charge in [0, 0.05) is 0 Å². The largest absolute Gasteiger partial charge is 0.481 e. The van der Waals surface area contributed by atoms with Crippen molar-refractivity contribution < 1.29 is 23.8 Å². The SMILES string of the molecule is CCOC(=O)c1ccc(C(Cc2ccc(F)cc2)C(=O)O)cc1. The van der Waals surface area contributed by atoms with Gasteiger partial charge in [-0.2, -0.15) is 0 Å². The Morgan fingerprint density at radius 3 is 2.22 bits per heavy atom. The van der Waals surface area contributed by atoms with Gasteiger partial charge < -0.3 is 9.84 Å². The first-order valence-electron chi connectivity index (χ1n) is 7.25. The van der Waals surface area contributed by atoms with E-state index in [9.17, 15) is 19.1 Å². The van der Waals surface area contributed by atoms with Crippen LogP contribution in [0, 0.1) is 5.82 Å². The third-order valence-electron chi connectivity index (χ3n) is 3.48. The third-order valence-corrected chi connectivity index (χ3v) is 3.48. The topological polar surface area (TPSA) is 63.6 Å². The molecule has 0 amide bonds. The maximum atomic E-state index is 12.9. The van der Waals surface area contributed by atoms with Crippen LogP contribution in [-0.2, 0) is 16.0 Å². The summed E-state index contributed by atoms with van der Waals surface area (Å²) in [6.45, 7) is 2.00. The molecule has 1 unspecified atom stereocenters. The normalized spacial score (nSPS) is 11.7. The lowest BCUT2D eigenvalue weighted by molar-refractivity contribution is -0.138. The maximum absolute atomic E-state index is 12.9. The predicted molar refractivity (Wildman–Crippen MR) is 82.9 cm³/mol. The Labute approximate surface area is 133 Å². The summed E-state index contributed by atoms with van der Waals surface area (Å²) in [5.41, 5.74) is 1.68. The van der Waals surface area contributed by atoms with Crippen molar-refractivity contribution in [1.29, 1.82) is 0 Å². The first-order valence-corrected chi connectivity index (χ1v) is 7.25. The molecular formula is C18H17FO4. The summed E-state index contributed by atoms with van der Waals surface area (Å²) in [5.74, 6) is -2.54. The Morgan fingerprint density at radius 2 is 1.70 bits per heavy atom. The molecule has 0 bridgehead atoms. The highest BCUT2D eigenvalue weighted by atomic mass is 19.1. The van der Waals surface area contributed by atoms with E-state index >= 15 is 0 Å². The van der Waals surface area contributed by atoms with Gasteiger partial charge in [-0.25, -0.2) is 9.18 Å². The molecule has 0 aliphatic carbocycles. The van der Waals surface area contributed by atoms with E-state index in [0.29, 0.717) is 11.1 Å². The molecule has 23 heavy (non-hydrogen) atoms. The summed E-state index contributed by atoms with van der Waals surface area (Å²) in [6, 6.07) is 12.1. The van der Waals surface area contributed by atoms with Crippen molar-refractivity contribution >= 4 is 11.9 Å². The molecule has 0 aliphatic rings. The van der Waals surface area contributed by atoms with E-state index in [1.54, 1.807) is 43.3 Å². The van der Waals surface area contributed by atoms with Crippen molar-refractivity contribution in [2.75, 3.05) is 6.61 Å². The van der Waals surface area contributed by atoms with Gasteiger partial charge in [0.15, 0.2) is 0 Å². The molecular weight excluding hydrogens is 299 g/mol. The number of carbonyl (C=O) groups is 2. The number of aliphatic carboxylic acids is 1. The van der Waals surface area contributed by atoms with Crippen LogP contribution in [0.4, 0.5) is 4.39 Å². The standard InChI is InChI=1S/C18H17FO4/c1-2-23-18(22)14-7-5-13(6-8-14)16(17(20)21)11-12-3-9-15(19)10-4-12/h3-10,16H,2,11H2,1H3,(H,20,21). The molecule has 0 heterocycles. The molecule has 0 aromatic heterocycles. The number of hydrogen-bond donors (Lipinski definition) is 1. The Hall–Kier alpha value is -2.69. The molecule has 0 aliphatic heterocycles. The molecule has 2 aromatic rings. The molecule has 120 valence electrons. The van der Waals surface area contributed by atoms with Crippen LogP contribution in [0.1, 0.15) is 34.3 Å². The fourth-order valence-corrected chi connectivity index (χ4v) is 2.27. The lowest BCUT2D eigenvalue weighted by Gasteiger charge is -2.13. The second-order valence-electron chi connectivity index (χ2n) is 5.06. The summed E-state index contributed by atoms with van der Waals surface area (Å²) >= 11 is 0. The maximum Gasteiger partial charge on any atom is 0.338 e. The van der Waals surface area contributed by atoms with Gasteiger partial charge >= 0.3 is 11.9 Å². The molecule has 0 radical (unpaired) electrons. The van der Waals surface area contributed by atoms with Crippen LogP contribution in [0.15, 0.2) is 48.5 Å². The first-order chi connectivity index (χ1) is 11.0. The van der Waals surface area contributed by atoms with Gasteiger partial charge in [0.2, 0.25) is 0 Å². The van der Waals surface area contributed by atoms with Crippen molar-refractivity contribution in [1.82, 2.24) is 0 Å². The van der Waals surface area contributed by atoms with Crippen LogP contribution in [0.25, 0.3) is 0 Å². The van der Waals surface area contributed by atoms with Gasteiger partial charge in [-0.1, -0.05) is 24.3 Å². The minimum atomic E-state index is -0.974. The molecule has 1 atom stereocenters. The Morgan fingerprint density at radius 1 is 1.09 bits per heavy atom. The molecule has 0 saturated heterocycles. The van der Waals surface area contributed by atoms with Crippen LogP contribution in [0.2, 0.25) is 0 Å². The van der Waals surface area contributed by atoms with Gasteiger partial charge in [0.05, 0.1) is 18.1 Å². The van der Waals surface area contributed by atoms with Crippen molar-refractivity contribution in [3.63, 3.8) is 0 Å². The highest BCUT2D eigenvalue weighted by Crippen LogP contribution is 2.22. The quantitative estimate of drug-likeness (QED) is 0.830. The van der Waals surface area contributed by atoms with E-state index in [4.69, 9.17) is 4.74 Å². The molecule has 2 rings (SSSR count). The van der Waals surface area contributed by atoms with E-state index in [-0.39, 0.29) is 18.8 Å². The van der Waals surface area contributed by atoms with E-state index in [2.05, 4.69) is 0 Å². The Bertz CT molecular complexity index is 677. The number of rotatable bonds is 6. The van der Waals surface area contributed by atoms with E-state index in [0.717, 1.165) is 5.56 Å². The van der Waals surface area contributed by atoms with E-state index in [1.807, 2.05) is 0 Å².